The van der Waals surface area contributed by atoms with Gasteiger partial charge in [0, 0.05) is 17.3 Å². The molecule has 1 saturated heterocycles. The van der Waals surface area contributed by atoms with E-state index in [9.17, 15) is 18.3 Å². The van der Waals surface area contributed by atoms with E-state index in [-0.39, 0.29) is 32.1 Å². The summed E-state index contributed by atoms with van der Waals surface area (Å²) in [6.45, 7) is 0.418. The number of carbonyl (C=O) groups is 1. The molecule has 26 heavy (non-hydrogen) atoms. The van der Waals surface area contributed by atoms with Crippen molar-refractivity contribution in [1.29, 1.82) is 0 Å². The number of nitrogens with one attached hydrogen (secondary N) is 1. The van der Waals surface area contributed by atoms with E-state index in [4.69, 9.17) is 34.8 Å². The quantitative estimate of drug-likeness (QED) is 0.555. The Kier molecular flexibility index (Phi) is 5.58. The lowest BCUT2D eigenvalue weighted by Gasteiger charge is -2.38. The maximum Gasteiger partial charge on any atom is 0.257 e. The van der Waals surface area contributed by atoms with Gasteiger partial charge in [-0.15, -0.1) is 10.8 Å². The van der Waals surface area contributed by atoms with Crippen molar-refractivity contribution in [3.8, 4) is 0 Å². The minimum atomic E-state index is -2.95. The number of rotatable bonds is 3. The van der Waals surface area contributed by atoms with Crippen molar-refractivity contribution in [3.63, 3.8) is 0 Å². The molecule has 10 heteroatoms. The summed E-state index contributed by atoms with van der Waals surface area (Å²) >= 11 is 18.0. The fourth-order valence-electron chi connectivity index (χ4n) is 2.66. The zero-order valence-corrected chi connectivity index (χ0v) is 16.3. The molecule has 0 aliphatic carbocycles. The summed E-state index contributed by atoms with van der Waals surface area (Å²) in [6.07, 6.45) is 0.603. The summed E-state index contributed by atoms with van der Waals surface area (Å²) in [5, 5.41) is 2.73. The molecule has 3 rings (SSSR count). The monoisotopic (exact) mass is 438 g/mol. The predicted octanol–water partition coefficient (Wildman–Crippen LogP) is 5.91. The van der Waals surface area contributed by atoms with Crippen molar-refractivity contribution in [3.05, 3.63) is 56.8 Å². The number of amides is 1. The molecule has 0 atom stereocenters. The molecule has 0 spiro atoms. The van der Waals surface area contributed by atoms with Crippen LogP contribution < -0.4 is 9.62 Å². The topological polar surface area (TPSA) is 72.8 Å². The van der Waals surface area contributed by atoms with Crippen molar-refractivity contribution < 1.29 is 18.3 Å². The molecule has 5 nitrogen and oxygen atoms in total. The predicted molar refractivity (Wildman–Crippen MR) is 106 cm³/mol. The van der Waals surface area contributed by atoms with E-state index in [0.29, 0.717) is 18.7 Å². The van der Waals surface area contributed by atoms with Gasteiger partial charge < -0.3 is 5.32 Å². The van der Waals surface area contributed by atoms with Crippen LogP contribution in [0.4, 0.5) is 15.8 Å². The average molecular weight is 440 g/mol. The lowest BCUT2D eigenvalue weighted by molar-refractivity contribution is 0.102. The Hall–Kier alpha value is -1.22. The van der Waals surface area contributed by atoms with Gasteiger partial charge in [-0.2, -0.15) is 0 Å². The third kappa shape index (κ3) is 4.03. The van der Waals surface area contributed by atoms with Gasteiger partial charge in [0.05, 0.1) is 27.0 Å². The van der Waals surface area contributed by atoms with Gasteiger partial charge in [0.25, 0.3) is 5.91 Å². The molecule has 1 aliphatic heterocycles. The van der Waals surface area contributed by atoms with Crippen LogP contribution in [0.2, 0.25) is 15.1 Å². The Labute approximate surface area is 166 Å². The second-order valence-electron chi connectivity index (χ2n) is 5.69. The molecule has 0 saturated carbocycles. The van der Waals surface area contributed by atoms with Crippen LogP contribution in [0.25, 0.3) is 0 Å². The SMILES string of the molecule is O=C(Nc1cc(F)cc(Cl)c1)c1cc(N2CCCS2(O)O)cc(Cl)c1Cl. The summed E-state index contributed by atoms with van der Waals surface area (Å²) in [6, 6.07) is 6.50. The Morgan fingerprint density at radius 1 is 1.15 bits per heavy atom. The van der Waals surface area contributed by atoms with Crippen molar-refractivity contribution >= 4 is 62.9 Å². The van der Waals surface area contributed by atoms with Gasteiger partial charge in [-0.3, -0.25) is 18.2 Å². The molecule has 1 amide bonds. The van der Waals surface area contributed by atoms with Gasteiger partial charge in [0.1, 0.15) is 5.82 Å². The Morgan fingerprint density at radius 2 is 1.88 bits per heavy atom. The normalized spacial score (nSPS) is 17.2. The average Bonchev–Trinajstić information content (AvgIpc) is 2.88. The Bertz CT molecular complexity index is 862. The van der Waals surface area contributed by atoms with E-state index in [0.717, 1.165) is 12.1 Å². The second-order valence-corrected chi connectivity index (χ2v) is 9.03. The first-order valence-electron chi connectivity index (χ1n) is 7.47. The van der Waals surface area contributed by atoms with E-state index in [1.165, 1.54) is 22.5 Å². The zero-order valence-electron chi connectivity index (χ0n) is 13.2. The van der Waals surface area contributed by atoms with E-state index >= 15 is 0 Å². The molecule has 3 N–H and O–H groups in total. The molecule has 1 fully saturated rings. The van der Waals surface area contributed by atoms with E-state index in [1.54, 1.807) is 0 Å². The minimum absolute atomic E-state index is 0.00564. The van der Waals surface area contributed by atoms with Gasteiger partial charge >= 0.3 is 0 Å². The summed E-state index contributed by atoms with van der Waals surface area (Å²) in [7, 11) is -2.95. The fraction of sp³-hybridized carbons (Fsp3) is 0.188. The van der Waals surface area contributed by atoms with Gasteiger partial charge in [-0.25, -0.2) is 4.39 Å². The molecule has 2 aromatic carbocycles. The highest BCUT2D eigenvalue weighted by molar-refractivity contribution is 8.25. The van der Waals surface area contributed by atoms with Crippen molar-refractivity contribution in [2.75, 3.05) is 21.9 Å². The van der Waals surface area contributed by atoms with Crippen LogP contribution in [0, 0.1) is 5.82 Å². The molecule has 0 unspecified atom stereocenters. The number of hydrogen-bond donors (Lipinski definition) is 3. The smallest absolute Gasteiger partial charge is 0.257 e. The Balaban J connectivity index is 1.95. The minimum Gasteiger partial charge on any atom is -0.322 e. The summed E-state index contributed by atoms with van der Waals surface area (Å²) in [5.74, 6) is -0.982. The molecule has 2 aromatic rings. The van der Waals surface area contributed by atoms with Crippen LogP contribution in [-0.2, 0) is 0 Å². The third-order valence-electron chi connectivity index (χ3n) is 3.80. The number of carbonyl (C=O) groups excluding carboxylic acids is 1. The van der Waals surface area contributed by atoms with Gasteiger partial charge in [0.2, 0.25) is 0 Å². The third-order valence-corrected chi connectivity index (χ3v) is 6.75. The molecule has 1 aliphatic rings. The maximum absolute atomic E-state index is 13.4. The van der Waals surface area contributed by atoms with Crippen molar-refractivity contribution in [2.45, 2.75) is 6.42 Å². The molecular weight excluding hydrogens is 426 g/mol. The van der Waals surface area contributed by atoms with Gasteiger partial charge in [-0.05, 0) is 36.8 Å². The van der Waals surface area contributed by atoms with Crippen LogP contribution >= 0.6 is 45.6 Å². The molecule has 140 valence electrons. The van der Waals surface area contributed by atoms with E-state index in [1.807, 2.05) is 0 Å². The molecule has 0 radical (unpaired) electrons. The van der Waals surface area contributed by atoms with Crippen LogP contribution in [0.3, 0.4) is 0 Å². The number of benzene rings is 2. The molecule has 0 aromatic heterocycles. The first-order chi connectivity index (χ1) is 12.2. The van der Waals surface area contributed by atoms with Gasteiger partial charge in [0.15, 0.2) is 0 Å². The number of halogens is 4. The zero-order chi connectivity index (χ0) is 19.1. The largest absolute Gasteiger partial charge is 0.322 e. The number of nitrogens with zero attached hydrogens (tertiary/aromatic N) is 1. The first kappa shape index (κ1) is 19.5. The highest BCUT2D eigenvalue weighted by Gasteiger charge is 2.30. The number of anilines is 2. The molecule has 1 heterocycles. The second kappa shape index (κ2) is 7.42. The van der Waals surface area contributed by atoms with E-state index in [2.05, 4.69) is 5.32 Å². The van der Waals surface area contributed by atoms with Crippen molar-refractivity contribution in [1.82, 2.24) is 0 Å². The fourth-order valence-corrected chi connectivity index (χ4v) is 4.90. The highest BCUT2D eigenvalue weighted by Crippen LogP contribution is 2.51. The maximum atomic E-state index is 13.4. The summed E-state index contributed by atoms with van der Waals surface area (Å²) in [4.78, 5) is 12.6. The van der Waals surface area contributed by atoms with Crippen LogP contribution in [0.5, 0.6) is 0 Å². The van der Waals surface area contributed by atoms with Gasteiger partial charge in [-0.1, -0.05) is 34.8 Å². The number of hydrogen-bond acceptors (Lipinski definition) is 4. The summed E-state index contributed by atoms with van der Waals surface area (Å²) in [5.41, 5.74) is 0.555. The van der Waals surface area contributed by atoms with Crippen LogP contribution in [0.15, 0.2) is 30.3 Å². The molecular formula is C16H14Cl3FN2O3S. The van der Waals surface area contributed by atoms with Crippen molar-refractivity contribution in [2.24, 2.45) is 0 Å². The van der Waals surface area contributed by atoms with Crippen LogP contribution in [0.1, 0.15) is 16.8 Å². The standard InChI is InChI=1S/C16H14Cl3FN2O3S/c17-9-4-10(20)6-11(5-9)21-16(23)13-7-12(8-14(18)15(13)19)22-2-1-3-26(22,24)25/h4-8,24-25H,1-3H2,(H,21,23). The summed E-state index contributed by atoms with van der Waals surface area (Å²) < 4.78 is 35.1. The lowest BCUT2D eigenvalue weighted by Crippen LogP contribution is -2.22. The first-order valence-corrected chi connectivity index (χ1v) is 10.3. The van der Waals surface area contributed by atoms with E-state index < -0.39 is 22.5 Å². The lowest BCUT2D eigenvalue weighted by atomic mass is 10.1. The molecule has 0 bridgehead atoms. The van der Waals surface area contributed by atoms with Crippen LogP contribution in [-0.4, -0.2) is 27.3 Å². The Morgan fingerprint density at radius 3 is 2.50 bits per heavy atom. The highest BCUT2D eigenvalue weighted by atomic mass is 35.5.